The molecule has 1 aliphatic carbocycles. The summed E-state index contributed by atoms with van der Waals surface area (Å²) in [6.45, 7) is 4.27. The number of carbonyl (C=O) groups excluding carboxylic acids is 3. The number of aliphatic hydroxyl groups is 1. The minimum Gasteiger partial charge on any atom is -0.395 e. The Balaban J connectivity index is 1.64. The molecule has 3 saturated heterocycles. The first kappa shape index (κ1) is 21.6. The third-order valence-corrected chi connectivity index (χ3v) is 7.65. The lowest BCUT2D eigenvalue weighted by molar-refractivity contribution is -0.147. The third-order valence-electron chi connectivity index (χ3n) is 7.65. The van der Waals surface area contributed by atoms with Gasteiger partial charge in [0.1, 0.15) is 11.6 Å². The average Bonchev–Trinajstić information content (AvgIpc) is 3.28. The van der Waals surface area contributed by atoms with E-state index >= 15 is 0 Å². The molecular weight excluding hydrogens is 386 g/mol. The lowest BCUT2D eigenvalue weighted by atomic mass is 9.66. The van der Waals surface area contributed by atoms with Gasteiger partial charge in [0, 0.05) is 19.1 Å². The van der Waals surface area contributed by atoms with E-state index in [0.717, 1.165) is 32.1 Å². The molecule has 5 atom stereocenters. The fourth-order valence-corrected chi connectivity index (χ4v) is 6.36. The molecule has 0 aromatic heterocycles. The molecule has 8 nitrogen and oxygen atoms in total. The van der Waals surface area contributed by atoms with Crippen molar-refractivity contribution in [2.24, 2.45) is 11.8 Å². The number of likely N-dealkylation sites (tertiary alicyclic amines) is 1. The fourth-order valence-electron chi connectivity index (χ4n) is 6.36. The normalized spacial score (nSPS) is 38.0. The molecule has 8 heteroatoms. The molecule has 30 heavy (non-hydrogen) atoms. The Morgan fingerprint density at radius 3 is 2.60 bits per heavy atom. The largest absolute Gasteiger partial charge is 0.395 e. The number of nitrogens with zero attached hydrogens (tertiary/aromatic N) is 1. The summed E-state index contributed by atoms with van der Waals surface area (Å²) in [4.78, 5) is 41.4. The molecule has 1 saturated carbocycles. The Bertz CT molecular complexity index is 709. The van der Waals surface area contributed by atoms with Crippen LogP contribution in [0.2, 0.25) is 0 Å². The van der Waals surface area contributed by atoms with Crippen LogP contribution in [-0.2, 0) is 19.1 Å². The van der Waals surface area contributed by atoms with Crippen molar-refractivity contribution in [2.45, 2.75) is 88.5 Å². The van der Waals surface area contributed by atoms with Crippen LogP contribution in [0.15, 0.2) is 0 Å². The van der Waals surface area contributed by atoms with Gasteiger partial charge in [-0.3, -0.25) is 14.4 Å². The summed E-state index contributed by atoms with van der Waals surface area (Å²) in [5.41, 5.74) is -1.74. The predicted octanol–water partition coefficient (Wildman–Crippen LogP) is 0.719. The number of nitrogens with one attached hydrogen (secondary N) is 2. The summed E-state index contributed by atoms with van der Waals surface area (Å²) in [6, 6.07) is -0.680. The van der Waals surface area contributed by atoms with Crippen molar-refractivity contribution in [3.8, 4) is 0 Å². The highest BCUT2D eigenvalue weighted by atomic mass is 16.5. The number of amides is 3. The molecule has 3 heterocycles. The Hall–Kier alpha value is -1.67. The highest BCUT2D eigenvalue weighted by Gasteiger charge is 2.77. The number of aliphatic hydroxyl groups excluding tert-OH is 1. The van der Waals surface area contributed by atoms with Gasteiger partial charge in [-0.1, -0.05) is 26.2 Å². The van der Waals surface area contributed by atoms with Crippen LogP contribution in [0, 0.1) is 11.8 Å². The molecule has 1 spiro atoms. The number of carbonyl (C=O) groups is 3. The third kappa shape index (κ3) is 3.23. The summed E-state index contributed by atoms with van der Waals surface area (Å²) in [5, 5.41) is 15.7. The van der Waals surface area contributed by atoms with Crippen LogP contribution >= 0.6 is 0 Å². The maximum atomic E-state index is 13.5. The SMILES string of the molecule is CCCNC(=O)[C@@H]1[C@H]2C(=O)N(CCO)C(C(=O)NC3CCCCC3)C23CC[C@@]1(C)O3. The van der Waals surface area contributed by atoms with E-state index in [9.17, 15) is 19.5 Å². The second kappa shape index (κ2) is 8.11. The maximum Gasteiger partial charge on any atom is 0.246 e. The zero-order valence-corrected chi connectivity index (χ0v) is 18.1. The van der Waals surface area contributed by atoms with E-state index in [0.29, 0.717) is 19.4 Å². The first-order valence-electron chi connectivity index (χ1n) is 11.6. The van der Waals surface area contributed by atoms with Crippen molar-refractivity contribution in [2.75, 3.05) is 19.7 Å². The van der Waals surface area contributed by atoms with Gasteiger partial charge >= 0.3 is 0 Å². The van der Waals surface area contributed by atoms with E-state index in [2.05, 4.69) is 10.6 Å². The zero-order valence-electron chi connectivity index (χ0n) is 18.1. The second-order valence-corrected chi connectivity index (χ2v) is 9.62. The van der Waals surface area contributed by atoms with Crippen LogP contribution < -0.4 is 10.6 Å². The van der Waals surface area contributed by atoms with E-state index < -0.39 is 29.1 Å². The van der Waals surface area contributed by atoms with Crippen molar-refractivity contribution in [3.05, 3.63) is 0 Å². The van der Waals surface area contributed by atoms with Gasteiger partial charge in [-0.2, -0.15) is 0 Å². The van der Waals surface area contributed by atoms with Crippen LogP contribution in [-0.4, -0.2) is 70.7 Å². The second-order valence-electron chi connectivity index (χ2n) is 9.62. The number of hydrogen-bond acceptors (Lipinski definition) is 5. The molecule has 3 N–H and O–H groups in total. The quantitative estimate of drug-likeness (QED) is 0.561. The van der Waals surface area contributed by atoms with Crippen molar-refractivity contribution in [1.82, 2.24) is 15.5 Å². The van der Waals surface area contributed by atoms with Crippen molar-refractivity contribution in [1.29, 1.82) is 0 Å². The summed E-state index contributed by atoms with van der Waals surface area (Å²) in [6.07, 6.45) is 7.29. The minimum absolute atomic E-state index is 0.0726. The molecule has 0 aromatic rings. The summed E-state index contributed by atoms with van der Waals surface area (Å²) in [7, 11) is 0. The molecule has 0 aromatic carbocycles. The van der Waals surface area contributed by atoms with Gasteiger partial charge in [-0.15, -0.1) is 0 Å². The Morgan fingerprint density at radius 1 is 1.20 bits per heavy atom. The van der Waals surface area contributed by atoms with Crippen LogP contribution in [0.25, 0.3) is 0 Å². The molecule has 3 amide bonds. The summed E-state index contributed by atoms with van der Waals surface area (Å²) in [5.74, 6) is -1.91. The fraction of sp³-hybridized carbons (Fsp3) is 0.864. The molecule has 3 aliphatic heterocycles. The minimum atomic E-state index is -0.992. The first-order valence-corrected chi connectivity index (χ1v) is 11.6. The lowest BCUT2D eigenvalue weighted by Gasteiger charge is -2.35. The Labute approximate surface area is 178 Å². The Kier molecular flexibility index (Phi) is 5.83. The highest BCUT2D eigenvalue weighted by Crippen LogP contribution is 2.63. The standard InChI is InChI=1S/C22H35N3O5/c1-3-11-23-18(27)15-16-20(29)25(12-13-26)17(22(16)10-9-21(15,2)30-22)19(28)24-14-7-5-4-6-8-14/h14-17,26H,3-13H2,1-2H3,(H,23,27)(H,24,28)/t15-,16-,17?,21+,22?/m0/s1. The molecule has 2 unspecified atom stereocenters. The molecule has 4 fully saturated rings. The number of ether oxygens (including phenoxy) is 1. The average molecular weight is 422 g/mol. The van der Waals surface area contributed by atoms with Gasteiger partial charge < -0.3 is 25.4 Å². The number of rotatable bonds is 7. The summed E-state index contributed by atoms with van der Waals surface area (Å²) < 4.78 is 6.49. The van der Waals surface area contributed by atoms with Crippen molar-refractivity contribution < 1.29 is 24.2 Å². The molecule has 2 bridgehead atoms. The highest BCUT2D eigenvalue weighted by molar-refractivity contribution is 5.99. The van der Waals surface area contributed by atoms with Gasteiger partial charge in [0.15, 0.2) is 0 Å². The number of hydrogen-bond donors (Lipinski definition) is 3. The molecule has 4 rings (SSSR count). The zero-order chi connectivity index (χ0) is 21.5. The van der Waals surface area contributed by atoms with Crippen molar-refractivity contribution in [3.63, 3.8) is 0 Å². The van der Waals surface area contributed by atoms with Crippen LogP contribution in [0.1, 0.15) is 65.2 Å². The predicted molar refractivity (Wildman–Crippen MR) is 109 cm³/mol. The summed E-state index contributed by atoms with van der Waals surface area (Å²) >= 11 is 0. The Morgan fingerprint density at radius 2 is 1.93 bits per heavy atom. The maximum absolute atomic E-state index is 13.5. The molecule has 4 aliphatic rings. The molecule has 168 valence electrons. The number of fused-ring (bicyclic) bond motifs is 1. The van der Waals surface area contributed by atoms with Gasteiger partial charge in [0.25, 0.3) is 0 Å². The molecule has 0 radical (unpaired) electrons. The smallest absolute Gasteiger partial charge is 0.246 e. The first-order chi connectivity index (χ1) is 14.4. The van der Waals surface area contributed by atoms with E-state index in [1.165, 1.54) is 11.3 Å². The molecular formula is C22H35N3O5. The van der Waals surface area contributed by atoms with Gasteiger partial charge in [-0.05, 0) is 39.0 Å². The van der Waals surface area contributed by atoms with Gasteiger partial charge in [0.2, 0.25) is 17.7 Å². The van der Waals surface area contributed by atoms with E-state index in [1.807, 2.05) is 13.8 Å². The van der Waals surface area contributed by atoms with E-state index in [1.54, 1.807) is 0 Å². The van der Waals surface area contributed by atoms with Crippen molar-refractivity contribution >= 4 is 17.7 Å². The van der Waals surface area contributed by atoms with E-state index in [-0.39, 0.29) is 36.9 Å². The topological polar surface area (TPSA) is 108 Å². The number of β-amino-alcohol motifs (C(OH)–C–C–N with tert-alkyl or cyclic N) is 1. The van der Waals surface area contributed by atoms with Crippen LogP contribution in [0.3, 0.4) is 0 Å². The van der Waals surface area contributed by atoms with Crippen LogP contribution in [0.5, 0.6) is 0 Å². The lowest BCUT2D eigenvalue weighted by Crippen LogP contribution is -2.57. The van der Waals surface area contributed by atoms with Crippen LogP contribution in [0.4, 0.5) is 0 Å². The van der Waals surface area contributed by atoms with E-state index in [4.69, 9.17) is 4.74 Å². The van der Waals surface area contributed by atoms with Gasteiger partial charge in [-0.25, -0.2) is 0 Å². The van der Waals surface area contributed by atoms with Gasteiger partial charge in [0.05, 0.1) is 24.0 Å². The monoisotopic (exact) mass is 421 g/mol.